The third-order valence-electron chi connectivity index (χ3n) is 3.02. The predicted octanol–water partition coefficient (Wildman–Crippen LogP) is 2.52. The first-order valence-electron chi connectivity index (χ1n) is 6.20. The summed E-state index contributed by atoms with van der Waals surface area (Å²) < 4.78 is 29.9. The average Bonchev–Trinajstić information content (AvgIpc) is 2.30. The van der Waals surface area contributed by atoms with E-state index in [9.17, 15) is 8.42 Å². The summed E-state index contributed by atoms with van der Waals surface area (Å²) in [4.78, 5) is -0.0278. The highest BCUT2D eigenvalue weighted by Crippen LogP contribution is 2.14. The molecule has 0 saturated heterocycles. The summed E-state index contributed by atoms with van der Waals surface area (Å²) >= 11 is 0. The molecule has 1 aromatic carbocycles. The van der Waals surface area contributed by atoms with Gasteiger partial charge >= 0.3 is 0 Å². The van der Waals surface area contributed by atoms with Crippen molar-refractivity contribution in [2.45, 2.75) is 50.0 Å². The number of nitrogens with two attached hydrogens (primary N) is 1. The quantitative estimate of drug-likeness (QED) is 0.769. The van der Waals surface area contributed by atoms with Crippen LogP contribution in [0.3, 0.4) is 0 Å². The van der Waals surface area contributed by atoms with Crippen molar-refractivity contribution in [2.75, 3.05) is 0 Å². The molecule has 0 amide bonds. The Labute approximate surface area is 109 Å². The van der Waals surface area contributed by atoms with Gasteiger partial charge in [0.05, 0.1) is 4.90 Å². The molecule has 0 aliphatic heterocycles. The van der Waals surface area contributed by atoms with Crippen LogP contribution < -0.4 is 5.73 Å². The van der Waals surface area contributed by atoms with Crippen LogP contribution >= 0.6 is 0 Å². The SMILES string of the molecule is Cc1ccccc1S(=O)(=O)O.NC1CCCCC1. The summed E-state index contributed by atoms with van der Waals surface area (Å²) in [6.07, 6.45) is 6.66. The number of hydrogen-bond acceptors (Lipinski definition) is 3. The van der Waals surface area contributed by atoms with Gasteiger partial charge in [0.15, 0.2) is 0 Å². The molecular formula is C13H21NO3S. The Kier molecular flexibility index (Phi) is 5.78. The van der Waals surface area contributed by atoms with Crippen LogP contribution in [0.1, 0.15) is 37.7 Å². The molecule has 1 aliphatic rings. The Morgan fingerprint density at radius 2 is 1.72 bits per heavy atom. The van der Waals surface area contributed by atoms with Gasteiger partial charge in [-0.15, -0.1) is 0 Å². The summed E-state index contributed by atoms with van der Waals surface area (Å²) in [5.41, 5.74) is 6.19. The van der Waals surface area contributed by atoms with Crippen LogP contribution in [-0.4, -0.2) is 19.0 Å². The molecule has 0 heterocycles. The van der Waals surface area contributed by atoms with Crippen LogP contribution in [0.15, 0.2) is 29.2 Å². The lowest BCUT2D eigenvalue weighted by Crippen LogP contribution is -2.22. The normalized spacial score (nSPS) is 16.8. The van der Waals surface area contributed by atoms with E-state index in [1.165, 1.54) is 38.2 Å². The van der Waals surface area contributed by atoms with Crippen molar-refractivity contribution >= 4 is 10.1 Å². The van der Waals surface area contributed by atoms with Crippen molar-refractivity contribution in [3.8, 4) is 0 Å². The Balaban J connectivity index is 0.000000199. The van der Waals surface area contributed by atoms with Crippen LogP contribution in [-0.2, 0) is 10.1 Å². The van der Waals surface area contributed by atoms with Gasteiger partial charge in [0, 0.05) is 6.04 Å². The van der Waals surface area contributed by atoms with E-state index >= 15 is 0 Å². The van der Waals surface area contributed by atoms with E-state index in [1.54, 1.807) is 25.1 Å². The van der Waals surface area contributed by atoms with Gasteiger partial charge in [-0.05, 0) is 31.4 Å². The minimum atomic E-state index is -4.03. The fraction of sp³-hybridized carbons (Fsp3) is 0.538. The van der Waals surface area contributed by atoms with E-state index in [2.05, 4.69) is 0 Å². The highest BCUT2D eigenvalue weighted by molar-refractivity contribution is 7.85. The van der Waals surface area contributed by atoms with E-state index in [0.717, 1.165) is 0 Å². The van der Waals surface area contributed by atoms with Crippen molar-refractivity contribution in [3.05, 3.63) is 29.8 Å². The van der Waals surface area contributed by atoms with Gasteiger partial charge < -0.3 is 5.73 Å². The summed E-state index contributed by atoms with van der Waals surface area (Å²) in [5, 5.41) is 0. The molecule has 0 spiro atoms. The summed E-state index contributed by atoms with van der Waals surface area (Å²) in [5.74, 6) is 0. The highest BCUT2D eigenvalue weighted by atomic mass is 32.2. The fourth-order valence-corrected chi connectivity index (χ4v) is 2.71. The lowest BCUT2D eigenvalue weighted by atomic mass is 9.97. The van der Waals surface area contributed by atoms with Crippen LogP contribution in [0.4, 0.5) is 0 Å². The molecule has 0 aromatic heterocycles. The van der Waals surface area contributed by atoms with Crippen molar-refractivity contribution < 1.29 is 13.0 Å². The Hall–Kier alpha value is -0.910. The molecule has 0 unspecified atom stereocenters. The lowest BCUT2D eigenvalue weighted by molar-refractivity contribution is 0.441. The molecule has 18 heavy (non-hydrogen) atoms. The van der Waals surface area contributed by atoms with Crippen molar-refractivity contribution in [2.24, 2.45) is 5.73 Å². The van der Waals surface area contributed by atoms with Gasteiger partial charge in [0.25, 0.3) is 10.1 Å². The van der Waals surface area contributed by atoms with Crippen LogP contribution in [0.2, 0.25) is 0 Å². The molecule has 0 bridgehead atoms. The maximum Gasteiger partial charge on any atom is 0.294 e. The van der Waals surface area contributed by atoms with Gasteiger partial charge in [0.2, 0.25) is 0 Å². The van der Waals surface area contributed by atoms with Crippen LogP contribution in [0.5, 0.6) is 0 Å². The maximum atomic E-state index is 10.6. The standard InChI is InChI=1S/C7H8O3S.C6H13N/c1-6-4-2-3-5-7(6)11(8,9)10;7-6-4-2-1-3-5-6/h2-5H,1H3,(H,8,9,10);6H,1-5,7H2. The number of benzene rings is 1. The smallest absolute Gasteiger partial charge is 0.294 e. The average molecular weight is 271 g/mol. The zero-order chi connectivity index (χ0) is 13.6. The number of rotatable bonds is 1. The Bertz CT molecular complexity index is 465. The van der Waals surface area contributed by atoms with Gasteiger partial charge in [-0.1, -0.05) is 37.5 Å². The zero-order valence-corrected chi connectivity index (χ0v) is 11.5. The van der Waals surface area contributed by atoms with Crippen molar-refractivity contribution in [1.29, 1.82) is 0 Å². The van der Waals surface area contributed by atoms with E-state index in [-0.39, 0.29) is 4.90 Å². The van der Waals surface area contributed by atoms with Crippen molar-refractivity contribution in [3.63, 3.8) is 0 Å². The lowest BCUT2D eigenvalue weighted by Gasteiger charge is -2.15. The molecule has 4 nitrogen and oxygen atoms in total. The largest absolute Gasteiger partial charge is 0.328 e. The third kappa shape index (κ3) is 5.16. The van der Waals surface area contributed by atoms with Crippen molar-refractivity contribution in [1.82, 2.24) is 0 Å². The third-order valence-corrected chi connectivity index (χ3v) is 4.04. The molecular weight excluding hydrogens is 250 g/mol. The van der Waals surface area contributed by atoms with E-state index in [0.29, 0.717) is 11.6 Å². The molecule has 2 rings (SSSR count). The Morgan fingerprint density at radius 3 is 2.06 bits per heavy atom. The minimum absolute atomic E-state index is 0.0278. The second-order valence-electron chi connectivity index (χ2n) is 4.64. The van der Waals surface area contributed by atoms with Crippen LogP contribution in [0.25, 0.3) is 0 Å². The molecule has 1 saturated carbocycles. The zero-order valence-electron chi connectivity index (χ0n) is 10.7. The van der Waals surface area contributed by atoms with Gasteiger partial charge in [0.1, 0.15) is 0 Å². The molecule has 0 atom stereocenters. The second kappa shape index (κ2) is 6.87. The molecule has 3 N–H and O–H groups in total. The first-order chi connectivity index (χ1) is 8.41. The highest BCUT2D eigenvalue weighted by Gasteiger charge is 2.10. The monoisotopic (exact) mass is 271 g/mol. The second-order valence-corrected chi connectivity index (χ2v) is 6.03. The van der Waals surface area contributed by atoms with E-state index < -0.39 is 10.1 Å². The number of hydrogen-bond donors (Lipinski definition) is 2. The summed E-state index contributed by atoms with van der Waals surface area (Å²) in [6.45, 7) is 1.63. The molecule has 102 valence electrons. The van der Waals surface area contributed by atoms with Crippen LogP contribution in [0, 0.1) is 6.92 Å². The topological polar surface area (TPSA) is 80.4 Å². The van der Waals surface area contributed by atoms with Gasteiger partial charge in [-0.3, -0.25) is 4.55 Å². The molecule has 5 heteroatoms. The van der Waals surface area contributed by atoms with Gasteiger partial charge in [-0.2, -0.15) is 8.42 Å². The summed E-state index contributed by atoms with van der Waals surface area (Å²) in [6, 6.07) is 6.81. The molecule has 1 fully saturated rings. The minimum Gasteiger partial charge on any atom is -0.328 e. The van der Waals surface area contributed by atoms with Gasteiger partial charge in [-0.25, -0.2) is 0 Å². The fourth-order valence-electron chi connectivity index (χ4n) is 1.98. The molecule has 1 aromatic rings. The van der Waals surface area contributed by atoms with E-state index in [4.69, 9.17) is 10.3 Å². The molecule has 0 radical (unpaired) electrons. The molecule has 1 aliphatic carbocycles. The predicted molar refractivity (Wildman–Crippen MR) is 72.1 cm³/mol. The summed E-state index contributed by atoms with van der Waals surface area (Å²) in [7, 11) is -4.03. The first kappa shape index (κ1) is 15.1. The first-order valence-corrected chi connectivity index (χ1v) is 7.64. The Morgan fingerprint density at radius 1 is 1.17 bits per heavy atom. The van der Waals surface area contributed by atoms with E-state index in [1.807, 2.05) is 0 Å². The maximum absolute atomic E-state index is 10.6. The number of aryl methyl sites for hydroxylation is 1.